The predicted molar refractivity (Wildman–Crippen MR) is 76.3 cm³/mol. The van der Waals surface area contributed by atoms with E-state index >= 15 is 0 Å². The summed E-state index contributed by atoms with van der Waals surface area (Å²) in [4.78, 5) is 15.5. The number of nitrogens with zero attached hydrogens (tertiary/aromatic N) is 2. The van der Waals surface area contributed by atoms with Gasteiger partial charge in [-0.2, -0.15) is 13.2 Å². The Hall–Kier alpha value is -2.61. The topological polar surface area (TPSA) is 54.5 Å². The quantitative estimate of drug-likeness (QED) is 0.877. The van der Waals surface area contributed by atoms with Crippen LogP contribution < -0.4 is 10.2 Å². The maximum atomic E-state index is 12.4. The average Bonchev–Trinajstić information content (AvgIpc) is 2.53. The second-order valence-corrected chi connectivity index (χ2v) is 4.61. The van der Waals surface area contributed by atoms with E-state index in [1.165, 1.54) is 13.1 Å². The van der Waals surface area contributed by atoms with E-state index in [1.54, 1.807) is 30.3 Å². The molecule has 1 amide bonds. The van der Waals surface area contributed by atoms with Gasteiger partial charge >= 0.3 is 12.3 Å². The normalized spacial score (nSPS) is 11.1. The number of rotatable bonds is 4. The summed E-state index contributed by atoms with van der Waals surface area (Å²) in [5.74, 6) is 0.388. The largest absolute Gasteiger partial charge is 0.429 e. The Morgan fingerprint density at radius 3 is 2.48 bits per heavy atom. The van der Waals surface area contributed by atoms with Crippen LogP contribution in [-0.2, 0) is 12.7 Å². The second kappa shape index (κ2) is 7.10. The van der Waals surface area contributed by atoms with Crippen molar-refractivity contribution in [1.82, 2.24) is 15.4 Å². The van der Waals surface area contributed by atoms with Gasteiger partial charge in [-0.3, -0.25) is 4.98 Å². The molecule has 1 aromatic heterocycles. The predicted octanol–water partition coefficient (Wildman–Crippen LogP) is 3.24. The summed E-state index contributed by atoms with van der Waals surface area (Å²) in [5.41, 5.74) is 2.23. The lowest BCUT2D eigenvalue weighted by Gasteiger charge is -2.17. The van der Waals surface area contributed by atoms with Crippen LogP contribution in [0.3, 0.4) is 0 Å². The van der Waals surface area contributed by atoms with Crippen molar-refractivity contribution in [3.63, 3.8) is 0 Å². The van der Waals surface area contributed by atoms with Gasteiger partial charge in [0.1, 0.15) is 5.75 Å². The molecule has 0 spiro atoms. The number of carbonyl (C=O) groups is 1. The van der Waals surface area contributed by atoms with Gasteiger partial charge in [0.05, 0.1) is 17.8 Å². The van der Waals surface area contributed by atoms with Crippen LogP contribution in [0, 0.1) is 0 Å². The van der Waals surface area contributed by atoms with Crippen LogP contribution in [0.2, 0.25) is 0 Å². The molecule has 0 unspecified atom stereocenters. The molecule has 1 aromatic carbocycles. The summed E-state index contributed by atoms with van der Waals surface area (Å²) in [7, 11) is 1.44. The van der Waals surface area contributed by atoms with Crippen molar-refractivity contribution in [2.45, 2.75) is 12.7 Å². The SMILES string of the molecule is CN(NCc1ccc(C(F)(F)F)cn1)C(=O)Oc1ccccc1. The van der Waals surface area contributed by atoms with Gasteiger partial charge in [0.15, 0.2) is 0 Å². The fraction of sp³-hybridized carbons (Fsp3) is 0.200. The monoisotopic (exact) mass is 325 g/mol. The molecule has 0 saturated heterocycles. The zero-order valence-corrected chi connectivity index (χ0v) is 12.2. The molecule has 0 saturated carbocycles. The van der Waals surface area contributed by atoms with E-state index in [2.05, 4.69) is 10.4 Å². The molecule has 0 aliphatic heterocycles. The number of carbonyl (C=O) groups excluding carboxylic acids is 1. The lowest BCUT2D eigenvalue weighted by atomic mass is 10.2. The Morgan fingerprint density at radius 1 is 1.22 bits per heavy atom. The number of pyridine rings is 1. The molecule has 0 bridgehead atoms. The lowest BCUT2D eigenvalue weighted by Crippen LogP contribution is -2.41. The first-order valence-electron chi connectivity index (χ1n) is 6.62. The standard InChI is InChI=1S/C15H14F3N3O2/c1-21(14(22)23-13-5-3-2-4-6-13)20-10-12-8-7-11(9-19-12)15(16,17)18/h2-9,20H,10H2,1H3. The number of aromatic nitrogens is 1. The molecule has 1 heterocycles. The van der Waals surface area contributed by atoms with Gasteiger partial charge in [-0.25, -0.2) is 15.2 Å². The molecule has 23 heavy (non-hydrogen) atoms. The molecule has 2 rings (SSSR count). The molecule has 8 heteroatoms. The van der Waals surface area contributed by atoms with Crippen molar-refractivity contribution in [3.8, 4) is 5.75 Å². The van der Waals surface area contributed by atoms with Crippen molar-refractivity contribution >= 4 is 6.09 Å². The smallest absolute Gasteiger partial charge is 0.409 e. The number of hydrogen-bond donors (Lipinski definition) is 1. The van der Waals surface area contributed by atoms with Crippen LogP contribution in [0.1, 0.15) is 11.3 Å². The third-order valence-electron chi connectivity index (χ3n) is 2.87. The van der Waals surface area contributed by atoms with E-state index in [0.717, 1.165) is 17.3 Å². The van der Waals surface area contributed by atoms with E-state index in [-0.39, 0.29) is 6.54 Å². The molecule has 122 valence electrons. The van der Waals surface area contributed by atoms with Gasteiger partial charge in [-0.15, -0.1) is 0 Å². The Morgan fingerprint density at radius 2 is 1.91 bits per heavy atom. The summed E-state index contributed by atoms with van der Waals surface area (Å²) >= 11 is 0. The number of ether oxygens (including phenoxy) is 1. The van der Waals surface area contributed by atoms with Gasteiger partial charge in [0, 0.05) is 13.2 Å². The first-order chi connectivity index (χ1) is 10.9. The molecule has 0 aliphatic carbocycles. The maximum Gasteiger partial charge on any atom is 0.429 e. The van der Waals surface area contributed by atoms with Crippen LogP contribution >= 0.6 is 0 Å². The molecule has 0 atom stereocenters. The zero-order valence-electron chi connectivity index (χ0n) is 12.2. The Balaban J connectivity index is 1.86. The number of para-hydroxylation sites is 1. The first kappa shape index (κ1) is 16.8. The van der Waals surface area contributed by atoms with E-state index in [4.69, 9.17) is 4.74 Å². The fourth-order valence-corrected chi connectivity index (χ4v) is 1.62. The lowest BCUT2D eigenvalue weighted by molar-refractivity contribution is -0.137. The van der Waals surface area contributed by atoms with Gasteiger partial charge in [-0.1, -0.05) is 18.2 Å². The van der Waals surface area contributed by atoms with Crippen molar-refractivity contribution in [1.29, 1.82) is 0 Å². The highest BCUT2D eigenvalue weighted by Gasteiger charge is 2.30. The number of alkyl halides is 3. The molecule has 0 fully saturated rings. The number of amides is 1. The maximum absolute atomic E-state index is 12.4. The van der Waals surface area contributed by atoms with Gasteiger partial charge in [0.25, 0.3) is 0 Å². The van der Waals surface area contributed by atoms with Crippen LogP contribution in [-0.4, -0.2) is 23.1 Å². The molecule has 1 N–H and O–H groups in total. The third-order valence-corrected chi connectivity index (χ3v) is 2.87. The third kappa shape index (κ3) is 4.96. The first-order valence-corrected chi connectivity index (χ1v) is 6.62. The van der Waals surface area contributed by atoms with E-state index < -0.39 is 17.8 Å². The molecule has 0 radical (unpaired) electrons. The van der Waals surface area contributed by atoms with Crippen molar-refractivity contribution in [2.24, 2.45) is 0 Å². The van der Waals surface area contributed by atoms with Crippen molar-refractivity contribution < 1.29 is 22.7 Å². The minimum Gasteiger partial charge on any atom is -0.409 e. The van der Waals surface area contributed by atoms with E-state index in [9.17, 15) is 18.0 Å². The highest BCUT2D eigenvalue weighted by molar-refractivity contribution is 5.69. The van der Waals surface area contributed by atoms with Crippen LogP contribution in [0.5, 0.6) is 5.75 Å². The van der Waals surface area contributed by atoms with Crippen LogP contribution in [0.15, 0.2) is 48.7 Å². The number of hydrogen-bond acceptors (Lipinski definition) is 4. The zero-order chi connectivity index (χ0) is 16.9. The van der Waals surface area contributed by atoms with Crippen molar-refractivity contribution in [3.05, 3.63) is 59.9 Å². The van der Waals surface area contributed by atoms with E-state index in [0.29, 0.717) is 11.4 Å². The van der Waals surface area contributed by atoms with Crippen LogP contribution in [0.25, 0.3) is 0 Å². The minimum absolute atomic E-state index is 0.0819. The Kier molecular flexibility index (Phi) is 5.17. The molecule has 2 aromatic rings. The molecule has 5 nitrogen and oxygen atoms in total. The van der Waals surface area contributed by atoms with Gasteiger partial charge < -0.3 is 4.74 Å². The molecule has 0 aliphatic rings. The minimum atomic E-state index is -4.42. The highest BCUT2D eigenvalue weighted by atomic mass is 19.4. The number of nitrogens with one attached hydrogen (secondary N) is 1. The molecular formula is C15H14F3N3O2. The van der Waals surface area contributed by atoms with Gasteiger partial charge in [0.2, 0.25) is 0 Å². The highest BCUT2D eigenvalue weighted by Crippen LogP contribution is 2.28. The van der Waals surface area contributed by atoms with Crippen molar-refractivity contribution in [2.75, 3.05) is 7.05 Å². The summed E-state index contributed by atoms with van der Waals surface area (Å²) in [6.07, 6.45) is -4.32. The Bertz CT molecular complexity index is 645. The number of hydrazine groups is 1. The Labute approximate surface area is 130 Å². The number of halogens is 3. The fourth-order valence-electron chi connectivity index (χ4n) is 1.62. The van der Waals surface area contributed by atoms with Gasteiger partial charge in [-0.05, 0) is 24.3 Å². The number of benzene rings is 1. The summed E-state index contributed by atoms with van der Waals surface area (Å²) in [6.45, 7) is 0.0819. The summed E-state index contributed by atoms with van der Waals surface area (Å²) in [5, 5.41) is 1.09. The summed E-state index contributed by atoms with van der Waals surface area (Å²) in [6, 6.07) is 10.7. The van der Waals surface area contributed by atoms with Crippen LogP contribution in [0.4, 0.5) is 18.0 Å². The average molecular weight is 325 g/mol. The van der Waals surface area contributed by atoms with E-state index in [1.807, 2.05) is 0 Å². The summed E-state index contributed by atoms with van der Waals surface area (Å²) < 4.78 is 42.3. The molecular weight excluding hydrogens is 311 g/mol. The second-order valence-electron chi connectivity index (χ2n) is 4.61.